The summed E-state index contributed by atoms with van der Waals surface area (Å²) in [5, 5.41) is 4.56. The van der Waals surface area contributed by atoms with Gasteiger partial charge in [0.2, 0.25) is 0 Å². The van der Waals surface area contributed by atoms with E-state index in [-0.39, 0.29) is 0 Å². The van der Waals surface area contributed by atoms with Gasteiger partial charge in [0.1, 0.15) is 5.15 Å². The fourth-order valence-electron chi connectivity index (χ4n) is 1.23. The highest BCUT2D eigenvalue weighted by Crippen LogP contribution is 2.14. The number of aryl methyl sites for hydroxylation is 1. The summed E-state index contributed by atoms with van der Waals surface area (Å²) in [6.07, 6.45) is 0.813. The van der Waals surface area contributed by atoms with Crippen molar-refractivity contribution in [1.82, 2.24) is 19.6 Å². The monoisotopic (exact) mass is 226 g/mol. The Kier molecular flexibility index (Phi) is 2.73. The lowest BCUT2D eigenvalue weighted by atomic mass is 10.3. The molecule has 0 spiro atoms. The Hall–Kier alpha value is -1.36. The Labute approximate surface area is 92.1 Å². The molecule has 0 aromatic carbocycles. The Morgan fingerprint density at radius 3 is 2.87 bits per heavy atom. The van der Waals surface area contributed by atoms with Crippen molar-refractivity contribution < 1.29 is 4.74 Å². The molecular weight excluding hydrogens is 216 g/mol. The summed E-state index contributed by atoms with van der Waals surface area (Å²) < 4.78 is 6.64. The summed E-state index contributed by atoms with van der Waals surface area (Å²) >= 11 is 6.02. The number of ether oxygens (including phenoxy) is 1. The van der Waals surface area contributed by atoms with Crippen molar-refractivity contribution in [3.63, 3.8) is 0 Å². The normalized spacial score (nSPS) is 10.9. The lowest BCUT2D eigenvalue weighted by molar-refractivity contribution is 0.313. The SMILES string of the molecule is CCOc1nc2nc(CC)cc(Cl)n2n1. The van der Waals surface area contributed by atoms with E-state index in [9.17, 15) is 0 Å². The molecule has 0 aliphatic heterocycles. The third-order valence-electron chi connectivity index (χ3n) is 1.94. The number of fused-ring (bicyclic) bond motifs is 1. The van der Waals surface area contributed by atoms with Gasteiger partial charge in [-0.3, -0.25) is 0 Å². The van der Waals surface area contributed by atoms with E-state index in [4.69, 9.17) is 16.3 Å². The molecule has 6 heteroatoms. The zero-order valence-corrected chi connectivity index (χ0v) is 9.32. The molecule has 0 saturated carbocycles. The van der Waals surface area contributed by atoms with Gasteiger partial charge in [-0.15, -0.1) is 5.10 Å². The van der Waals surface area contributed by atoms with Crippen molar-refractivity contribution in [3.8, 4) is 6.01 Å². The first kappa shape index (κ1) is 10.2. The van der Waals surface area contributed by atoms with E-state index in [2.05, 4.69) is 15.1 Å². The second-order valence-electron chi connectivity index (χ2n) is 2.96. The van der Waals surface area contributed by atoms with Gasteiger partial charge in [-0.2, -0.15) is 9.50 Å². The van der Waals surface area contributed by atoms with E-state index in [1.54, 1.807) is 6.07 Å². The third-order valence-corrected chi connectivity index (χ3v) is 2.21. The maximum atomic E-state index is 6.02. The average molecular weight is 227 g/mol. The van der Waals surface area contributed by atoms with Crippen LogP contribution in [0, 0.1) is 0 Å². The molecule has 0 radical (unpaired) electrons. The first-order chi connectivity index (χ1) is 7.24. The number of aromatic nitrogens is 4. The molecule has 0 aliphatic rings. The Morgan fingerprint density at radius 2 is 2.20 bits per heavy atom. The predicted octanol–water partition coefficient (Wildman–Crippen LogP) is 1.74. The van der Waals surface area contributed by atoms with E-state index in [1.807, 2.05) is 13.8 Å². The molecule has 0 N–H and O–H groups in total. The van der Waals surface area contributed by atoms with Crippen LogP contribution in [0.3, 0.4) is 0 Å². The molecule has 2 aromatic rings. The molecule has 0 fully saturated rings. The lowest BCUT2D eigenvalue weighted by Gasteiger charge is -1.97. The Bertz CT molecular complexity index is 482. The molecule has 2 rings (SSSR count). The quantitative estimate of drug-likeness (QED) is 0.748. The Morgan fingerprint density at radius 1 is 1.40 bits per heavy atom. The number of hydrogen-bond acceptors (Lipinski definition) is 4. The van der Waals surface area contributed by atoms with E-state index in [0.717, 1.165) is 12.1 Å². The number of rotatable bonds is 3. The van der Waals surface area contributed by atoms with Gasteiger partial charge >= 0.3 is 6.01 Å². The second-order valence-corrected chi connectivity index (χ2v) is 3.35. The van der Waals surface area contributed by atoms with Crippen LogP contribution in [0.4, 0.5) is 0 Å². The van der Waals surface area contributed by atoms with Gasteiger partial charge < -0.3 is 4.74 Å². The van der Waals surface area contributed by atoms with Crippen molar-refractivity contribution in [2.24, 2.45) is 0 Å². The molecule has 80 valence electrons. The lowest BCUT2D eigenvalue weighted by Crippen LogP contribution is -1.97. The average Bonchev–Trinajstić information content (AvgIpc) is 2.61. The molecule has 0 aliphatic carbocycles. The van der Waals surface area contributed by atoms with E-state index in [0.29, 0.717) is 23.5 Å². The maximum absolute atomic E-state index is 6.02. The van der Waals surface area contributed by atoms with Crippen LogP contribution < -0.4 is 4.74 Å². The molecule has 2 aromatic heterocycles. The van der Waals surface area contributed by atoms with Crippen molar-refractivity contribution in [3.05, 3.63) is 16.9 Å². The molecule has 0 atom stereocenters. The summed E-state index contributed by atoms with van der Waals surface area (Å²) in [6.45, 7) is 4.41. The van der Waals surface area contributed by atoms with Crippen molar-refractivity contribution in [2.45, 2.75) is 20.3 Å². The smallest absolute Gasteiger partial charge is 0.337 e. The molecule has 0 unspecified atom stereocenters. The molecule has 2 heterocycles. The van der Waals surface area contributed by atoms with Crippen LogP contribution in [-0.4, -0.2) is 26.2 Å². The predicted molar refractivity (Wildman–Crippen MR) is 56.3 cm³/mol. The summed E-state index contributed by atoms with van der Waals surface area (Å²) in [5.41, 5.74) is 0.892. The standard InChI is InChI=1S/C9H11ClN4O/c1-3-6-5-7(10)14-8(11-6)12-9(13-14)15-4-2/h5H,3-4H2,1-2H3. The molecule has 15 heavy (non-hydrogen) atoms. The Balaban J connectivity index is 2.54. The van der Waals surface area contributed by atoms with Gasteiger partial charge in [0.15, 0.2) is 0 Å². The molecular formula is C9H11ClN4O. The minimum atomic E-state index is 0.306. The van der Waals surface area contributed by atoms with Crippen molar-refractivity contribution in [1.29, 1.82) is 0 Å². The summed E-state index contributed by atoms with van der Waals surface area (Å²) in [4.78, 5) is 8.39. The zero-order valence-electron chi connectivity index (χ0n) is 8.57. The maximum Gasteiger partial charge on any atom is 0.337 e. The summed E-state index contributed by atoms with van der Waals surface area (Å²) in [5.74, 6) is 0.475. The van der Waals surface area contributed by atoms with Gasteiger partial charge in [0.05, 0.1) is 6.61 Å². The topological polar surface area (TPSA) is 52.3 Å². The van der Waals surface area contributed by atoms with Gasteiger partial charge in [-0.05, 0) is 19.4 Å². The highest BCUT2D eigenvalue weighted by molar-refractivity contribution is 6.29. The third kappa shape index (κ3) is 1.87. The van der Waals surface area contributed by atoms with Crippen LogP contribution in [-0.2, 0) is 6.42 Å². The van der Waals surface area contributed by atoms with Crippen LogP contribution in [0.15, 0.2) is 6.07 Å². The largest absolute Gasteiger partial charge is 0.463 e. The summed E-state index contributed by atoms with van der Waals surface area (Å²) in [6, 6.07) is 2.08. The highest BCUT2D eigenvalue weighted by atomic mass is 35.5. The van der Waals surface area contributed by atoms with E-state index < -0.39 is 0 Å². The van der Waals surface area contributed by atoms with Crippen molar-refractivity contribution in [2.75, 3.05) is 6.61 Å². The number of halogens is 1. The highest BCUT2D eigenvalue weighted by Gasteiger charge is 2.09. The number of nitrogens with zero attached hydrogens (tertiary/aromatic N) is 4. The van der Waals surface area contributed by atoms with Crippen LogP contribution in [0.5, 0.6) is 6.01 Å². The minimum Gasteiger partial charge on any atom is -0.463 e. The molecule has 5 nitrogen and oxygen atoms in total. The van der Waals surface area contributed by atoms with Crippen LogP contribution in [0.1, 0.15) is 19.5 Å². The van der Waals surface area contributed by atoms with Gasteiger partial charge in [-0.25, -0.2) is 4.98 Å². The molecule has 0 amide bonds. The van der Waals surface area contributed by atoms with E-state index in [1.165, 1.54) is 4.52 Å². The van der Waals surface area contributed by atoms with Gasteiger partial charge in [0, 0.05) is 5.69 Å². The first-order valence-electron chi connectivity index (χ1n) is 4.79. The minimum absolute atomic E-state index is 0.306. The zero-order chi connectivity index (χ0) is 10.8. The van der Waals surface area contributed by atoms with E-state index >= 15 is 0 Å². The fourth-order valence-corrected chi connectivity index (χ4v) is 1.47. The first-order valence-corrected chi connectivity index (χ1v) is 5.17. The van der Waals surface area contributed by atoms with Crippen molar-refractivity contribution >= 4 is 17.4 Å². The molecule has 0 bridgehead atoms. The molecule has 0 saturated heterocycles. The number of hydrogen-bond donors (Lipinski definition) is 0. The van der Waals surface area contributed by atoms with Gasteiger partial charge in [0.25, 0.3) is 5.78 Å². The fraction of sp³-hybridized carbons (Fsp3) is 0.444. The summed E-state index contributed by atoms with van der Waals surface area (Å²) in [7, 11) is 0. The van der Waals surface area contributed by atoms with Crippen LogP contribution in [0.2, 0.25) is 5.15 Å². The van der Waals surface area contributed by atoms with Crippen LogP contribution >= 0.6 is 11.6 Å². The second kappa shape index (κ2) is 4.02. The van der Waals surface area contributed by atoms with Gasteiger partial charge in [-0.1, -0.05) is 18.5 Å². The van der Waals surface area contributed by atoms with Crippen LogP contribution in [0.25, 0.3) is 5.78 Å².